The lowest BCUT2D eigenvalue weighted by molar-refractivity contribution is 0.581. The Hall–Kier alpha value is -0.310. The van der Waals surface area contributed by atoms with E-state index >= 15 is 0 Å². The summed E-state index contributed by atoms with van der Waals surface area (Å²) in [6.45, 7) is 7.44. The third-order valence-corrected chi connectivity index (χ3v) is 3.00. The van der Waals surface area contributed by atoms with Gasteiger partial charge in [-0.2, -0.15) is 5.10 Å². The molecule has 0 aromatic carbocycles. The van der Waals surface area contributed by atoms with E-state index in [0.29, 0.717) is 10.7 Å². The molecule has 0 amide bonds. The number of alkyl halides is 1. The van der Waals surface area contributed by atoms with Gasteiger partial charge in [-0.3, -0.25) is 4.68 Å². The molecule has 0 aliphatic rings. The van der Waals surface area contributed by atoms with Gasteiger partial charge in [-0.1, -0.05) is 29.8 Å². The van der Waals surface area contributed by atoms with Crippen LogP contribution in [0.25, 0.3) is 0 Å². The lowest BCUT2D eigenvalue weighted by Gasteiger charge is -2.15. The molecule has 0 radical (unpaired) electrons. The fourth-order valence-electron chi connectivity index (χ4n) is 1.23. The molecule has 1 rings (SSSR count). The zero-order chi connectivity index (χ0) is 9.14. The van der Waals surface area contributed by atoms with Gasteiger partial charge >= 0.3 is 0 Å². The maximum absolute atomic E-state index is 4.23. The van der Waals surface area contributed by atoms with Crippen molar-refractivity contribution in [2.45, 2.75) is 38.1 Å². The minimum absolute atomic E-state index is 0.500. The number of hydrogen-bond donors (Lipinski definition) is 0. The van der Waals surface area contributed by atoms with Crippen LogP contribution in [0.15, 0.2) is 12.3 Å². The number of hydrogen-bond acceptors (Lipinski definition) is 1. The van der Waals surface area contributed by atoms with Crippen molar-refractivity contribution < 1.29 is 0 Å². The van der Waals surface area contributed by atoms with Crippen LogP contribution in [-0.2, 0) is 6.54 Å². The summed E-state index contributed by atoms with van der Waals surface area (Å²) in [6.07, 6.45) is 1.87. The maximum Gasteiger partial charge on any atom is 0.0492 e. The van der Waals surface area contributed by atoms with Crippen LogP contribution in [0.4, 0.5) is 0 Å². The first kappa shape index (κ1) is 9.78. The highest BCUT2D eigenvalue weighted by Crippen LogP contribution is 2.23. The van der Waals surface area contributed by atoms with Gasteiger partial charge in [0.1, 0.15) is 0 Å². The SMILES string of the molecule is CCn1nccc1C(C)C(C)Br. The molecule has 0 spiro atoms. The first-order valence-corrected chi connectivity index (χ1v) is 5.24. The Morgan fingerprint density at radius 1 is 1.58 bits per heavy atom. The highest BCUT2D eigenvalue weighted by atomic mass is 79.9. The van der Waals surface area contributed by atoms with Crippen molar-refractivity contribution in [3.63, 3.8) is 0 Å². The van der Waals surface area contributed by atoms with E-state index in [1.54, 1.807) is 0 Å². The second-order valence-corrected chi connectivity index (χ2v) is 4.48. The molecule has 2 atom stereocenters. The Labute approximate surface area is 82.1 Å². The molecule has 0 aliphatic heterocycles. The minimum atomic E-state index is 0.500. The standard InChI is InChI=1S/C9H15BrN2/c1-4-12-9(5-6-11-12)7(2)8(3)10/h5-8H,4H2,1-3H3. The van der Waals surface area contributed by atoms with Crippen LogP contribution in [-0.4, -0.2) is 14.6 Å². The van der Waals surface area contributed by atoms with Gasteiger partial charge in [-0.25, -0.2) is 0 Å². The quantitative estimate of drug-likeness (QED) is 0.731. The summed E-state index contributed by atoms with van der Waals surface area (Å²) in [4.78, 5) is 0.500. The summed E-state index contributed by atoms with van der Waals surface area (Å²) in [6, 6.07) is 2.09. The van der Waals surface area contributed by atoms with Crippen molar-refractivity contribution in [1.29, 1.82) is 0 Å². The zero-order valence-corrected chi connectivity index (χ0v) is 9.37. The summed E-state index contributed by atoms with van der Waals surface area (Å²) in [7, 11) is 0. The Kier molecular flexibility index (Phi) is 3.32. The van der Waals surface area contributed by atoms with Gasteiger partial charge in [0.25, 0.3) is 0 Å². The van der Waals surface area contributed by atoms with E-state index < -0.39 is 0 Å². The van der Waals surface area contributed by atoms with Crippen molar-refractivity contribution in [3.8, 4) is 0 Å². The van der Waals surface area contributed by atoms with Crippen LogP contribution in [0.3, 0.4) is 0 Å². The Bertz CT molecular complexity index is 242. The molecule has 0 bridgehead atoms. The van der Waals surface area contributed by atoms with Crippen LogP contribution >= 0.6 is 15.9 Å². The molecule has 1 heterocycles. The molecule has 0 N–H and O–H groups in total. The summed E-state index contributed by atoms with van der Waals surface area (Å²) in [5, 5.41) is 4.23. The van der Waals surface area contributed by atoms with E-state index in [-0.39, 0.29) is 0 Å². The second kappa shape index (κ2) is 4.08. The molecule has 2 unspecified atom stereocenters. The number of halogens is 1. The highest BCUT2D eigenvalue weighted by molar-refractivity contribution is 9.09. The van der Waals surface area contributed by atoms with Crippen molar-refractivity contribution in [3.05, 3.63) is 18.0 Å². The molecule has 2 nitrogen and oxygen atoms in total. The van der Waals surface area contributed by atoms with Crippen molar-refractivity contribution in [2.75, 3.05) is 0 Å². The van der Waals surface area contributed by atoms with Crippen LogP contribution in [0.2, 0.25) is 0 Å². The number of aromatic nitrogens is 2. The van der Waals surface area contributed by atoms with Crippen molar-refractivity contribution in [2.24, 2.45) is 0 Å². The largest absolute Gasteiger partial charge is 0.270 e. The minimum Gasteiger partial charge on any atom is -0.270 e. The van der Waals surface area contributed by atoms with E-state index in [1.165, 1.54) is 5.69 Å². The first-order chi connectivity index (χ1) is 5.66. The van der Waals surface area contributed by atoms with Gasteiger partial charge in [0.15, 0.2) is 0 Å². The molecule has 0 saturated carbocycles. The average Bonchev–Trinajstić information content (AvgIpc) is 2.49. The number of rotatable bonds is 3. The first-order valence-electron chi connectivity index (χ1n) is 4.32. The molecular weight excluding hydrogens is 216 g/mol. The van der Waals surface area contributed by atoms with Gasteiger partial charge in [0, 0.05) is 29.2 Å². The third-order valence-electron chi connectivity index (χ3n) is 2.20. The van der Waals surface area contributed by atoms with Crippen molar-refractivity contribution in [1.82, 2.24) is 9.78 Å². The Balaban J connectivity index is 2.86. The summed E-state index contributed by atoms with van der Waals surface area (Å²) in [5.74, 6) is 0.521. The van der Waals surface area contributed by atoms with E-state index in [1.807, 2.05) is 10.9 Å². The monoisotopic (exact) mass is 230 g/mol. The normalized spacial score (nSPS) is 16.0. The second-order valence-electron chi connectivity index (χ2n) is 3.04. The van der Waals surface area contributed by atoms with E-state index in [9.17, 15) is 0 Å². The van der Waals surface area contributed by atoms with Crippen LogP contribution in [0, 0.1) is 0 Å². The molecule has 0 saturated heterocycles. The van der Waals surface area contributed by atoms with E-state index in [2.05, 4.69) is 47.9 Å². The predicted octanol–water partition coefficient (Wildman–Crippen LogP) is 2.79. The number of aryl methyl sites for hydroxylation is 1. The Morgan fingerprint density at radius 2 is 2.25 bits per heavy atom. The highest BCUT2D eigenvalue weighted by Gasteiger charge is 2.14. The topological polar surface area (TPSA) is 17.8 Å². The molecule has 1 aromatic heterocycles. The van der Waals surface area contributed by atoms with Gasteiger partial charge in [0.2, 0.25) is 0 Å². The molecule has 68 valence electrons. The number of nitrogens with zero attached hydrogens (tertiary/aromatic N) is 2. The molecular formula is C9H15BrN2. The fourth-order valence-corrected chi connectivity index (χ4v) is 1.50. The van der Waals surface area contributed by atoms with Crippen LogP contribution in [0.5, 0.6) is 0 Å². The van der Waals surface area contributed by atoms with Gasteiger partial charge in [0.05, 0.1) is 0 Å². The van der Waals surface area contributed by atoms with E-state index in [4.69, 9.17) is 0 Å². The molecule has 1 aromatic rings. The molecule has 0 fully saturated rings. The van der Waals surface area contributed by atoms with Crippen LogP contribution < -0.4 is 0 Å². The summed E-state index contributed by atoms with van der Waals surface area (Å²) < 4.78 is 2.04. The predicted molar refractivity (Wildman–Crippen MR) is 54.7 cm³/mol. The molecule has 0 aliphatic carbocycles. The van der Waals surface area contributed by atoms with Gasteiger partial charge in [-0.05, 0) is 13.0 Å². The summed E-state index contributed by atoms with van der Waals surface area (Å²) >= 11 is 3.58. The fraction of sp³-hybridized carbons (Fsp3) is 0.667. The van der Waals surface area contributed by atoms with Crippen LogP contribution in [0.1, 0.15) is 32.4 Å². The Morgan fingerprint density at radius 3 is 2.75 bits per heavy atom. The average molecular weight is 231 g/mol. The van der Waals surface area contributed by atoms with Gasteiger partial charge in [-0.15, -0.1) is 0 Å². The lowest BCUT2D eigenvalue weighted by Crippen LogP contribution is -2.11. The smallest absolute Gasteiger partial charge is 0.0492 e. The third kappa shape index (κ3) is 1.89. The van der Waals surface area contributed by atoms with Crippen molar-refractivity contribution >= 4 is 15.9 Å². The molecule has 3 heteroatoms. The maximum atomic E-state index is 4.23. The van der Waals surface area contributed by atoms with E-state index in [0.717, 1.165) is 6.54 Å². The zero-order valence-electron chi connectivity index (χ0n) is 7.79. The summed E-state index contributed by atoms with van der Waals surface area (Å²) in [5.41, 5.74) is 1.31. The lowest BCUT2D eigenvalue weighted by atomic mass is 10.1. The molecule has 12 heavy (non-hydrogen) atoms. The van der Waals surface area contributed by atoms with Gasteiger partial charge < -0.3 is 0 Å².